The van der Waals surface area contributed by atoms with Gasteiger partial charge >= 0.3 is 0 Å². The maximum absolute atomic E-state index is 12.7. The average Bonchev–Trinajstić information content (AvgIpc) is 2.35. The third-order valence-corrected chi connectivity index (χ3v) is 2.73. The normalized spacial score (nSPS) is 10.1. The van der Waals surface area contributed by atoms with Crippen LogP contribution in [0.2, 0.25) is 5.02 Å². The van der Waals surface area contributed by atoms with Crippen LogP contribution in [0.3, 0.4) is 0 Å². The molecule has 3 nitrogen and oxygen atoms in total. The van der Waals surface area contributed by atoms with E-state index in [0.717, 1.165) is 0 Å². The molecular formula is C13H10ClFN2O. The van der Waals surface area contributed by atoms with Crippen molar-refractivity contribution in [1.82, 2.24) is 0 Å². The van der Waals surface area contributed by atoms with Crippen LogP contribution in [0.15, 0.2) is 42.5 Å². The summed E-state index contributed by atoms with van der Waals surface area (Å²) in [7, 11) is 0. The quantitative estimate of drug-likeness (QED) is 0.818. The van der Waals surface area contributed by atoms with Crippen LogP contribution in [0, 0.1) is 5.82 Å². The molecule has 0 heterocycles. The molecule has 0 saturated carbocycles. The van der Waals surface area contributed by atoms with Gasteiger partial charge in [-0.25, -0.2) is 4.39 Å². The number of halogens is 2. The first-order chi connectivity index (χ1) is 8.58. The summed E-state index contributed by atoms with van der Waals surface area (Å²) in [4.78, 5) is 11.9. The van der Waals surface area contributed by atoms with Crippen LogP contribution in [0.25, 0.3) is 0 Å². The molecule has 1 amide bonds. The summed E-state index contributed by atoms with van der Waals surface area (Å²) in [5.74, 6) is -0.753. The van der Waals surface area contributed by atoms with Crippen LogP contribution in [-0.4, -0.2) is 5.91 Å². The SMILES string of the molecule is Nc1c(Cl)cccc1C(=O)Nc1ccc(F)cc1. The molecule has 2 aromatic carbocycles. The molecule has 0 aliphatic rings. The number of para-hydroxylation sites is 1. The Morgan fingerprint density at radius 1 is 1.17 bits per heavy atom. The minimum atomic E-state index is -0.387. The number of nitrogens with one attached hydrogen (secondary N) is 1. The van der Waals surface area contributed by atoms with Crippen LogP contribution in [0.5, 0.6) is 0 Å². The van der Waals surface area contributed by atoms with Crippen molar-refractivity contribution in [2.75, 3.05) is 11.1 Å². The topological polar surface area (TPSA) is 55.1 Å². The van der Waals surface area contributed by atoms with Crippen molar-refractivity contribution in [3.63, 3.8) is 0 Å². The van der Waals surface area contributed by atoms with E-state index in [1.54, 1.807) is 18.2 Å². The van der Waals surface area contributed by atoms with Gasteiger partial charge in [-0.3, -0.25) is 4.79 Å². The number of rotatable bonds is 2. The summed E-state index contributed by atoms with van der Waals surface area (Å²) in [5.41, 5.74) is 6.70. The molecular weight excluding hydrogens is 255 g/mol. The number of hydrogen-bond acceptors (Lipinski definition) is 2. The van der Waals surface area contributed by atoms with E-state index in [4.69, 9.17) is 17.3 Å². The number of amides is 1. The molecule has 5 heteroatoms. The summed E-state index contributed by atoms with van der Waals surface area (Å²) in [6.07, 6.45) is 0. The third-order valence-electron chi connectivity index (χ3n) is 2.40. The molecule has 0 aliphatic carbocycles. The molecule has 2 rings (SSSR count). The van der Waals surface area contributed by atoms with Crippen molar-refractivity contribution in [1.29, 1.82) is 0 Å². The Morgan fingerprint density at radius 2 is 1.83 bits per heavy atom. The summed E-state index contributed by atoms with van der Waals surface area (Å²) in [6, 6.07) is 10.3. The van der Waals surface area contributed by atoms with Crippen molar-refractivity contribution in [2.45, 2.75) is 0 Å². The van der Waals surface area contributed by atoms with Crippen LogP contribution in [0.1, 0.15) is 10.4 Å². The van der Waals surface area contributed by atoms with Crippen LogP contribution in [-0.2, 0) is 0 Å². The standard InChI is InChI=1S/C13H10ClFN2O/c14-11-3-1-2-10(12(11)16)13(18)17-9-6-4-8(15)5-7-9/h1-7H,16H2,(H,17,18). The van der Waals surface area contributed by atoms with Gasteiger partial charge in [-0.15, -0.1) is 0 Å². The Kier molecular flexibility index (Phi) is 3.48. The van der Waals surface area contributed by atoms with Gasteiger partial charge in [0.1, 0.15) is 5.82 Å². The molecule has 18 heavy (non-hydrogen) atoms. The molecule has 0 aromatic heterocycles. The average molecular weight is 265 g/mol. The van der Waals surface area contributed by atoms with Crippen molar-refractivity contribution in [2.24, 2.45) is 0 Å². The van der Waals surface area contributed by atoms with E-state index in [1.807, 2.05) is 0 Å². The summed E-state index contributed by atoms with van der Waals surface area (Å²) in [6.45, 7) is 0. The van der Waals surface area contributed by atoms with Crippen LogP contribution >= 0.6 is 11.6 Å². The number of nitrogens with two attached hydrogens (primary N) is 1. The van der Waals surface area contributed by atoms with Gasteiger partial charge in [0.05, 0.1) is 16.3 Å². The van der Waals surface area contributed by atoms with E-state index >= 15 is 0 Å². The first-order valence-corrected chi connectivity index (χ1v) is 5.56. The Bertz CT molecular complexity index is 584. The molecule has 92 valence electrons. The molecule has 0 radical (unpaired) electrons. The van der Waals surface area contributed by atoms with Gasteiger partial charge in [0.25, 0.3) is 5.91 Å². The minimum absolute atomic E-state index is 0.221. The first-order valence-electron chi connectivity index (χ1n) is 5.19. The Balaban J connectivity index is 2.22. The monoisotopic (exact) mass is 264 g/mol. The predicted molar refractivity (Wildman–Crippen MR) is 70.2 cm³/mol. The van der Waals surface area contributed by atoms with E-state index in [9.17, 15) is 9.18 Å². The molecule has 0 spiro atoms. The van der Waals surface area contributed by atoms with E-state index in [1.165, 1.54) is 24.3 Å². The fraction of sp³-hybridized carbons (Fsp3) is 0. The zero-order chi connectivity index (χ0) is 13.1. The second kappa shape index (κ2) is 5.06. The number of carbonyl (C=O) groups excluding carboxylic acids is 1. The molecule has 0 atom stereocenters. The molecule has 3 N–H and O–H groups in total. The molecule has 0 fully saturated rings. The lowest BCUT2D eigenvalue weighted by Crippen LogP contribution is -2.14. The van der Waals surface area contributed by atoms with Gasteiger partial charge in [-0.05, 0) is 36.4 Å². The summed E-state index contributed by atoms with van der Waals surface area (Å²) in [5, 5.41) is 2.93. The largest absolute Gasteiger partial charge is 0.397 e. The lowest BCUT2D eigenvalue weighted by Gasteiger charge is -2.08. The van der Waals surface area contributed by atoms with Gasteiger partial charge in [0.2, 0.25) is 0 Å². The van der Waals surface area contributed by atoms with E-state index in [-0.39, 0.29) is 23.0 Å². The Morgan fingerprint density at radius 3 is 2.50 bits per heavy atom. The molecule has 0 unspecified atom stereocenters. The van der Waals surface area contributed by atoms with E-state index in [2.05, 4.69) is 5.32 Å². The van der Waals surface area contributed by atoms with Gasteiger partial charge in [-0.1, -0.05) is 17.7 Å². The number of benzene rings is 2. The lowest BCUT2D eigenvalue weighted by molar-refractivity contribution is 0.102. The molecule has 0 aliphatic heterocycles. The highest BCUT2D eigenvalue weighted by Crippen LogP contribution is 2.23. The highest BCUT2D eigenvalue weighted by atomic mass is 35.5. The van der Waals surface area contributed by atoms with Crippen molar-refractivity contribution in [3.8, 4) is 0 Å². The molecule has 2 aromatic rings. The lowest BCUT2D eigenvalue weighted by atomic mass is 10.1. The van der Waals surface area contributed by atoms with Gasteiger partial charge < -0.3 is 11.1 Å². The smallest absolute Gasteiger partial charge is 0.257 e. The zero-order valence-electron chi connectivity index (χ0n) is 9.28. The van der Waals surface area contributed by atoms with Gasteiger partial charge in [0.15, 0.2) is 0 Å². The zero-order valence-corrected chi connectivity index (χ0v) is 10.0. The Labute approximate surface area is 108 Å². The minimum Gasteiger partial charge on any atom is -0.397 e. The van der Waals surface area contributed by atoms with Crippen LogP contribution in [0.4, 0.5) is 15.8 Å². The van der Waals surface area contributed by atoms with Crippen LogP contribution < -0.4 is 11.1 Å². The number of hydrogen-bond donors (Lipinski definition) is 2. The van der Waals surface area contributed by atoms with Gasteiger partial charge in [-0.2, -0.15) is 0 Å². The van der Waals surface area contributed by atoms with Gasteiger partial charge in [0, 0.05) is 5.69 Å². The fourth-order valence-corrected chi connectivity index (χ4v) is 1.64. The number of carbonyl (C=O) groups is 1. The van der Waals surface area contributed by atoms with E-state index < -0.39 is 0 Å². The second-order valence-electron chi connectivity index (χ2n) is 3.66. The maximum atomic E-state index is 12.7. The Hall–Kier alpha value is -2.07. The first kappa shape index (κ1) is 12.4. The van der Waals surface area contributed by atoms with E-state index in [0.29, 0.717) is 10.7 Å². The summed E-state index contributed by atoms with van der Waals surface area (Å²) >= 11 is 5.83. The van der Waals surface area contributed by atoms with Crippen molar-refractivity contribution >= 4 is 28.9 Å². The highest BCUT2D eigenvalue weighted by molar-refractivity contribution is 6.34. The van der Waals surface area contributed by atoms with Crippen molar-refractivity contribution < 1.29 is 9.18 Å². The number of anilines is 2. The summed E-state index contributed by atoms with van der Waals surface area (Å²) < 4.78 is 12.7. The second-order valence-corrected chi connectivity index (χ2v) is 4.07. The number of nitrogen functional groups attached to an aromatic ring is 1. The fourth-order valence-electron chi connectivity index (χ4n) is 1.47. The highest BCUT2D eigenvalue weighted by Gasteiger charge is 2.11. The van der Waals surface area contributed by atoms with Crippen molar-refractivity contribution in [3.05, 3.63) is 58.9 Å². The predicted octanol–water partition coefficient (Wildman–Crippen LogP) is 3.31. The molecule has 0 saturated heterocycles. The maximum Gasteiger partial charge on any atom is 0.257 e. The molecule has 0 bridgehead atoms. The third kappa shape index (κ3) is 2.60.